The van der Waals surface area contributed by atoms with E-state index in [0.29, 0.717) is 37.9 Å². The molecule has 3 aromatic heterocycles. The number of hydrogen-bond acceptors (Lipinski definition) is 8. The predicted molar refractivity (Wildman–Crippen MR) is 186 cm³/mol. The number of benzene rings is 2. The van der Waals surface area contributed by atoms with Gasteiger partial charge in [0.2, 0.25) is 11.8 Å². The van der Waals surface area contributed by atoms with Crippen molar-refractivity contribution in [2.24, 2.45) is 5.92 Å². The van der Waals surface area contributed by atoms with Crippen molar-refractivity contribution in [3.8, 4) is 22.6 Å². The lowest BCUT2D eigenvalue weighted by Crippen LogP contribution is -2.51. The van der Waals surface area contributed by atoms with Crippen molar-refractivity contribution < 1.29 is 9.59 Å². The van der Waals surface area contributed by atoms with Crippen LogP contribution in [0, 0.1) is 5.92 Å². The minimum Gasteiger partial charge on any atom is -0.368 e. The molecule has 11 heteroatoms. The van der Waals surface area contributed by atoms with E-state index in [4.69, 9.17) is 0 Å². The molecule has 5 aromatic rings. The van der Waals surface area contributed by atoms with Crippen LogP contribution in [-0.4, -0.2) is 99.6 Å². The van der Waals surface area contributed by atoms with Gasteiger partial charge in [0.1, 0.15) is 5.69 Å². The molecule has 5 heterocycles. The van der Waals surface area contributed by atoms with Crippen LogP contribution < -0.4 is 9.80 Å². The maximum Gasteiger partial charge on any atom is 0.236 e. The summed E-state index contributed by atoms with van der Waals surface area (Å²) in [7, 11) is 1.84. The zero-order valence-corrected chi connectivity index (χ0v) is 27.1. The number of carbonyl (C=O) groups excluding carboxylic acids is 2. The van der Waals surface area contributed by atoms with Crippen molar-refractivity contribution in [3.63, 3.8) is 0 Å². The second-order valence-electron chi connectivity index (χ2n) is 13.2. The highest BCUT2D eigenvalue weighted by Gasteiger charge is 2.33. The Morgan fingerprint density at radius 1 is 0.854 bits per heavy atom. The number of nitrogens with one attached hydrogen (secondary N) is 1. The van der Waals surface area contributed by atoms with Gasteiger partial charge in [-0.1, -0.05) is 0 Å². The van der Waals surface area contributed by atoms with Gasteiger partial charge in [-0.05, 0) is 86.5 Å². The largest absolute Gasteiger partial charge is 0.368 e. The second kappa shape index (κ2) is 12.8. The van der Waals surface area contributed by atoms with Crippen molar-refractivity contribution in [3.05, 3.63) is 84.9 Å². The Labute approximate surface area is 279 Å². The average molecular weight is 642 g/mol. The Hall–Kier alpha value is -5.16. The molecule has 0 radical (unpaired) electrons. The number of hydrogen-bond donors (Lipinski definition) is 1. The average Bonchev–Trinajstić information content (AvgIpc) is 3.75. The van der Waals surface area contributed by atoms with Gasteiger partial charge in [0, 0.05) is 97.9 Å². The number of aromatic amines is 1. The van der Waals surface area contributed by atoms with Crippen molar-refractivity contribution in [1.29, 1.82) is 0 Å². The fourth-order valence-corrected chi connectivity index (χ4v) is 6.98. The van der Waals surface area contributed by atoms with Crippen molar-refractivity contribution in [1.82, 2.24) is 34.9 Å². The number of amides is 2. The summed E-state index contributed by atoms with van der Waals surface area (Å²) in [5.41, 5.74) is 6.92. The first-order valence-corrected chi connectivity index (χ1v) is 16.8. The van der Waals surface area contributed by atoms with Gasteiger partial charge < -0.3 is 14.7 Å². The molecule has 1 N–H and O–H groups in total. The lowest BCUT2D eigenvalue weighted by Gasteiger charge is -2.36. The van der Waals surface area contributed by atoms with Gasteiger partial charge in [0.25, 0.3) is 0 Å². The molecule has 8 rings (SSSR count). The number of H-pyrrole nitrogens is 1. The fraction of sp³-hybridized carbons (Fsp3) is 0.351. The molecule has 3 fully saturated rings. The van der Waals surface area contributed by atoms with Crippen LogP contribution in [0.4, 0.5) is 11.4 Å². The highest BCUT2D eigenvalue weighted by atomic mass is 16.2. The van der Waals surface area contributed by atoms with E-state index in [1.807, 2.05) is 60.6 Å². The minimum atomic E-state index is -0.148. The van der Waals surface area contributed by atoms with E-state index in [9.17, 15) is 9.59 Å². The van der Waals surface area contributed by atoms with Crippen LogP contribution in [0.25, 0.3) is 33.5 Å². The smallest absolute Gasteiger partial charge is 0.236 e. The summed E-state index contributed by atoms with van der Waals surface area (Å²) in [6.45, 7) is 4.60. The molecular weight excluding hydrogens is 602 g/mol. The highest BCUT2D eigenvalue weighted by Crippen LogP contribution is 2.40. The van der Waals surface area contributed by atoms with E-state index in [0.717, 1.165) is 70.8 Å². The summed E-state index contributed by atoms with van der Waals surface area (Å²) < 4.78 is 0. The van der Waals surface area contributed by atoms with Gasteiger partial charge in [-0.2, -0.15) is 5.10 Å². The Morgan fingerprint density at radius 2 is 1.65 bits per heavy atom. The van der Waals surface area contributed by atoms with Crippen LogP contribution in [0.1, 0.15) is 30.9 Å². The molecule has 3 aliphatic rings. The summed E-state index contributed by atoms with van der Waals surface area (Å²) in [6.07, 6.45) is 8.49. The Kier molecular flexibility index (Phi) is 8.05. The van der Waals surface area contributed by atoms with Gasteiger partial charge in [0.15, 0.2) is 5.82 Å². The SMILES string of the molecule is CN(C(=O)[C@@H]1CCN(CC(=O)N2CCN(c3ccc(-c4ncccn4)cc3)CC2)C1)c1ccc2[nH]nc(-c3ccnc(C4CC4)c3)c2c1. The molecule has 1 aliphatic carbocycles. The number of pyridine rings is 1. The van der Waals surface area contributed by atoms with Crippen molar-refractivity contribution in [2.45, 2.75) is 25.2 Å². The number of anilines is 2. The number of likely N-dealkylation sites (tertiary alicyclic amines) is 1. The molecule has 1 atom stereocenters. The van der Waals surface area contributed by atoms with E-state index in [1.54, 1.807) is 17.3 Å². The molecule has 0 unspecified atom stereocenters. The van der Waals surface area contributed by atoms with E-state index >= 15 is 0 Å². The van der Waals surface area contributed by atoms with Crippen LogP contribution in [0.2, 0.25) is 0 Å². The molecule has 2 aliphatic heterocycles. The number of aromatic nitrogens is 5. The number of fused-ring (bicyclic) bond motifs is 1. The zero-order chi connectivity index (χ0) is 32.6. The van der Waals surface area contributed by atoms with Gasteiger partial charge in [-0.15, -0.1) is 0 Å². The predicted octanol–water partition coefficient (Wildman–Crippen LogP) is 4.59. The molecule has 11 nitrogen and oxygen atoms in total. The third-order valence-electron chi connectivity index (χ3n) is 9.98. The van der Waals surface area contributed by atoms with Crippen LogP contribution >= 0.6 is 0 Å². The molecular formula is C37H39N9O2. The van der Waals surface area contributed by atoms with Crippen LogP contribution in [-0.2, 0) is 9.59 Å². The maximum atomic E-state index is 13.7. The van der Waals surface area contributed by atoms with Crippen molar-refractivity contribution >= 4 is 34.1 Å². The first kappa shape index (κ1) is 30.2. The fourth-order valence-electron chi connectivity index (χ4n) is 6.98. The highest BCUT2D eigenvalue weighted by molar-refractivity contribution is 6.00. The molecule has 1 saturated carbocycles. The summed E-state index contributed by atoms with van der Waals surface area (Å²) in [4.78, 5) is 48.3. The zero-order valence-electron chi connectivity index (χ0n) is 27.1. The van der Waals surface area contributed by atoms with Crippen LogP contribution in [0.3, 0.4) is 0 Å². The first-order chi connectivity index (χ1) is 23.5. The van der Waals surface area contributed by atoms with Crippen molar-refractivity contribution in [2.75, 3.05) is 62.7 Å². The molecule has 0 bridgehead atoms. The van der Waals surface area contributed by atoms with Gasteiger partial charge >= 0.3 is 0 Å². The molecule has 0 spiro atoms. The van der Waals surface area contributed by atoms with Crippen LogP contribution in [0.5, 0.6) is 0 Å². The number of nitrogens with zero attached hydrogens (tertiary/aromatic N) is 8. The summed E-state index contributed by atoms with van der Waals surface area (Å²) >= 11 is 0. The molecule has 2 amide bonds. The number of carbonyl (C=O) groups is 2. The standard InChI is InChI=1S/C37H39N9O2/c1-43(30-9-10-32-31(22-30)35(42-41-32)27-11-15-38-33(21-27)25-3-4-25)37(48)28-12-16-44(23-28)24-34(47)46-19-17-45(18-20-46)29-7-5-26(6-8-29)36-39-13-2-14-40-36/h2,5-11,13-15,21-22,25,28H,3-4,12,16-20,23-24H2,1H3,(H,41,42)/t28-/m1/s1. The van der Waals surface area contributed by atoms with Gasteiger partial charge in [-0.25, -0.2) is 9.97 Å². The lowest BCUT2D eigenvalue weighted by molar-refractivity contribution is -0.132. The minimum absolute atomic E-state index is 0.0766. The van der Waals surface area contributed by atoms with E-state index in [1.165, 1.54) is 12.8 Å². The molecule has 48 heavy (non-hydrogen) atoms. The lowest BCUT2D eigenvalue weighted by atomic mass is 10.0. The van der Waals surface area contributed by atoms with E-state index < -0.39 is 0 Å². The van der Waals surface area contributed by atoms with E-state index in [2.05, 4.69) is 53.1 Å². The van der Waals surface area contributed by atoms with Crippen LogP contribution in [0.15, 0.2) is 79.3 Å². The number of piperazine rings is 1. The first-order valence-electron chi connectivity index (χ1n) is 16.8. The Balaban J connectivity index is 0.850. The topological polar surface area (TPSA) is 114 Å². The normalized spacial score (nSPS) is 18.4. The third kappa shape index (κ3) is 6.13. The summed E-state index contributed by atoms with van der Waals surface area (Å²) in [6, 6.07) is 20.2. The molecule has 2 saturated heterocycles. The molecule has 244 valence electrons. The molecule has 2 aromatic carbocycles. The Bertz CT molecular complexity index is 1930. The monoisotopic (exact) mass is 641 g/mol. The quantitative estimate of drug-likeness (QED) is 0.262. The van der Waals surface area contributed by atoms with Gasteiger partial charge in [0.05, 0.1) is 18.0 Å². The maximum absolute atomic E-state index is 13.7. The van der Waals surface area contributed by atoms with Gasteiger partial charge in [-0.3, -0.25) is 24.6 Å². The van der Waals surface area contributed by atoms with E-state index in [-0.39, 0.29) is 17.7 Å². The third-order valence-corrected chi connectivity index (χ3v) is 9.98. The summed E-state index contributed by atoms with van der Waals surface area (Å²) in [5.74, 6) is 1.33. The number of rotatable bonds is 8. The second-order valence-corrected chi connectivity index (χ2v) is 13.2. The Morgan fingerprint density at radius 3 is 2.42 bits per heavy atom. The summed E-state index contributed by atoms with van der Waals surface area (Å²) in [5, 5.41) is 8.74.